The van der Waals surface area contributed by atoms with Crippen molar-refractivity contribution >= 4 is 34.6 Å². The monoisotopic (exact) mass is 349 g/mol. The minimum Gasteiger partial charge on any atom is -0.481 e. The Morgan fingerprint density at radius 2 is 1.61 bits per heavy atom. The quantitative estimate of drug-likeness (QED) is 0.862. The molecule has 0 radical (unpaired) electrons. The van der Waals surface area contributed by atoms with Crippen LogP contribution < -0.4 is 0 Å². The van der Waals surface area contributed by atoms with E-state index in [9.17, 15) is 9.59 Å². The van der Waals surface area contributed by atoms with E-state index in [1.165, 1.54) is 0 Å². The number of carboxylic acid groups (broad SMARTS) is 1. The zero-order chi connectivity index (χ0) is 16.2. The highest BCUT2D eigenvalue weighted by molar-refractivity contribution is 7.10. The lowest BCUT2D eigenvalue weighted by Gasteiger charge is -2.25. The van der Waals surface area contributed by atoms with Crippen LogP contribution in [0.2, 0.25) is 0 Å². The van der Waals surface area contributed by atoms with E-state index in [1.807, 2.05) is 39.9 Å². The number of aliphatic carboxylic acids is 1. The molecule has 2 atom stereocenters. The molecule has 2 aromatic heterocycles. The van der Waals surface area contributed by atoms with E-state index < -0.39 is 5.97 Å². The van der Waals surface area contributed by atoms with Crippen LogP contribution >= 0.6 is 22.7 Å². The van der Waals surface area contributed by atoms with Gasteiger partial charge in [0.1, 0.15) is 0 Å². The molecule has 122 valence electrons. The lowest BCUT2D eigenvalue weighted by atomic mass is 10.0. The number of nitrogens with zero attached hydrogens (tertiary/aromatic N) is 1. The fraction of sp³-hybridized carbons (Fsp3) is 0.412. The summed E-state index contributed by atoms with van der Waals surface area (Å²) in [5.41, 5.74) is 0. The molecule has 0 aromatic carbocycles. The number of hydrogen-bond acceptors (Lipinski definition) is 4. The van der Waals surface area contributed by atoms with Gasteiger partial charge in [-0.25, -0.2) is 0 Å². The molecular weight excluding hydrogens is 330 g/mol. The van der Waals surface area contributed by atoms with Crippen molar-refractivity contribution in [3.05, 3.63) is 44.8 Å². The van der Waals surface area contributed by atoms with Crippen LogP contribution in [0.3, 0.4) is 0 Å². The highest BCUT2D eigenvalue weighted by Gasteiger charge is 2.36. The van der Waals surface area contributed by atoms with Crippen LogP contribution in [0, 0.1) is 11.8 Å². The molecule has 2 heterocycles. The molecule has 1 aliphatic rings. The Labute approximate surface area is 143 Å². The largest absolute Gasteiger partial charge is 0.481 e. The number of thiophene rings is 2. The maximum Gasteiger partial charge on any atom is 0.306 e. The third-order valence-electron chi connectivity index (χ3n) is 4.30. The zero-order valence-corrected chi connectivity index (χ0v) is 14.3. The zero-order valence-electron chi connectivity index (χ0n) is 12.7. The van der Waals surface area contributed by atoms with E-state index in [0.29, 0.717) is 32.4 Å². The van der Waals surface area contributed by atoms with Crippen LogP contribution in [0.5, 0.6) is 0 Å². The fourth-order valence-corrected chi connectivity index (χ4v) is 4.52. The van der Waals surface area contributed by atoms with Crippen molar-refractivity contribution in [3.63, 3.8) is 0 Å². The summed E-state index contributed by atoms with van der Waals surface area (Å²) in [6.45, 7) is 1.20. The van der Waals surface area contributed by atoms with Crippen molar-refractivity contribution in [1.82, 2.24) is 4.90 Å². The molecule has 0 unspecified atom stereocenters. The fourth-order valence-electron chi connectivity index (χ4n) is 3.08. The summed E-state index contributed by atoms with van der Waals surface area (Å²) >= 11 is 3.29. The average molecular weight is 349 g/mol. The van der Waals surface area contributed by atoms with E-state index in [1.54, 1.807) is 22.7 Å². The normalized spacial score (nSPS) is 20.5. The Bertz CT molecular complexity index is 615. The van der Waals surface area contributed by atoms with E-state index >= 15 is 0 Å². The molecule has 0 bridgehead atoms. The first-order valence-electron chi connectivity index (χ1n) is 7.70. The minimum absolute atomic E-state index is 0.0931. The molecule has 0 spiro atoms. The van der Waals surface area contributed by atoms with Crippen LogP contribution in [0.15, 0.2) is 35.0 Å². The summed E-state index contributed by atoms with van der Waals surface area (Å²) in [5, 5.41) is 13.2. The number of hydrogen-bond donors (Lipinski definition) is 1. The van der Waals surface area contributed by atoms with Crippen LogP contribution in [-0.2, 0) is 22.7 Å². The van der Waals surface area contributed by atoms with Gasteiger partial charge in [-0.3, -0.25) is 9.59 Å². The lowest BCUT2D eigenvalue weighted by Crippen LogP contribution is -2.34. The van der Waals surface area contributed by atoms with Gasteiger partial charge in [0.25, 0.3) is 0 Å². The Morgan fingerprint density at radius 3 is 2.04 bits per heavy atom. The summed E-state index contributed by atoms with van der Waals surface area (Å²) in [5.74, 6) is -1.20. The molecule has 1 fully saturated rings. The molecule has 1 aliphatic carbocycles. The van der Waals surface area contributed by atoms with Gasteiger partial charge in [-0.1, -0.05) is 12.1 Å². The number of carbonyl (C=O) groups is 2. The summed E-state index contributed by atoms with van der Waals surface area (Å²) < 4.78 is 0. The first kappa shape index (κ1) is 16.2. The second kappa shape index (κ2) is 7.27. The van der Waals surface area contributed by atoms with Crippen molar-refractivity contribution in [2.24, 2.45) is 11.8 Å². The van der Waals surface area contributed by atoms with Crippen molar-refractivity contribution in [2.75, 3.05) is 0 Å². The molecule has 1 amide bonds. The van der Waals surface area contributed by atoms with Crippen LogP contribution in [0.1, 0.15) is 29.0 Å². The van der Waals surface area contributed by atoms with Crippen molar-refractivity contribution in [2.45, 2.75) is 32.4 Å². The number of carbonyl (C=O) groups excluding carboxylic acids is 1. The topological polar surface area (TPSA) is 57.6 Å². The van der Waals surface area contributed by atoms with E-state index in [4.69, 9.17) is 5.11 Å². The second-order valence-corrected chi connectivity index (χ2v) is 7.96. The van der Waals surface area contributed by atoms with Gasteiger partial charge in [-0.2, -0.15) is 0 Å². The highest BCUT2D eigenvalue weighted by Crippen LogP contribution is 2.33. The van der Waals surface area contributed by atoms with Crippen LogP contribution in [-0.4, -0.2) is 21.9 Å². The Kier molecular flexibility index (Phi) is 5.13. The summed E-state index contributed by atoms with van der Waals surface area (Å²) in [7, 11) is 0. The van der Waals surface area contributed by atoms with Crippen LogP contribution in [0.4, 0.5) is 0 Å². The summed E-state index contributed by atoms with van der Waals surface area (Å²) in [6.07, 6.45) is 1.76. The second-order valence-electron chi connectivity index (χ2n) is 5.90. The van der Waals surface area contributed by atoms with Gasteiger partial charge >= 0.3 is 5.97 Å². The maximum absolute atomic E-state index is 12.9. The molecule has 2 aromatic rings. The predicted octanol–water partition coefficient (Wildman–Crippen LogP) is 3.84. The van der Waals surface area contributed by atoms with Crippen molar-refractivity contribution < 1.29 is 14.7 Å². The Balaban J connectivity index is 1.71. The molecule has 23 heavy (non-hydrogen) atoms. The molecule has 1 N–H and O–H groups in total. The highest BCUT2D eigenvalue weighted by atomic mass is 32.1. The molecule has 3 rings (SSSR count). The minimum atomic E-state index is -0.775. The first-order chi connectivity index (χ1) is 11.1. The molecule has 6 heteroatoms. The Hall–Kier alpha value is -1.66. The maximum atomic E-state index is 12.9. The third-order valence-corrected chi connectivity index (χ3v) is 6.02. The molecular formula is C17H19NO3S2. The molecule has 1 saturated carbocycles. The Morgan fingerprint density at radius 1 is 1.04 bits per heavy atom. The number of carboxylic acids is 1. The van der Waals surface area contributed by atoms with E-state index in [0.717, 1.165) is 9.75 Å². The average Bonchev–Trinajstić information content (AvgIpc) is 3.28. The molecule has 0 aliphatic heterocycles. The summed E-state index contributed by atoms with van der Waals surface area (Å²) in [4.78, 5) is 28.2. The summed E-state index contributed by atoms with van der Waals surface area (Å²) in [6, 6.07) is 8.05. The van der Waals surface area contributed by atoms with Crippen molar-refractivity contribution in [1.29, 1.82) is 0 Å². The van der Waals surface area contributed by atoms with Gasteiger partial charge in [-0.05, 0) is 42.2 Å². The third kappa shape index (κ3) is 4.00. The SMILES string of the molecule is O=C(O)[C@@H]1CC[C@H](C(=O)N(Cc2cccs2)Cc2cccs2)C1. The first-order valence-corrected chi connectivity index (χ1v) is 9.46. The van der Waals surface area contributed by atoms with Gasteiger partial charge in [0.15, 0.2) is 0 Å². The molecule has 0 saturated heterocycles. The predicted molar refractivity (Wildman–Crippen MR) is 91.4 cm³/mol. The van der Waals surface area contributed by atoms with E-state index in [2.05, 4.69) is 0 Å². The van der Waals surface area contributed by atoms with Crippen LogP contribution in [0.25, 0.3) is 0 Å². The van der Waals surface area contributed by atoms with Gasteiger partial charge < -0.3 is 10.0 Å². The van der Waals surface area contributed by atoms with Gasteiger partial charge in [0.2, 0.25) is 5.91 Å². The molecule has 4 nitrogen and oxygen atoms in total. The van der Waals surface area contributed by atoms with Gasteiger partial charge in [-0.15, -0.1) is 22.7 Å². The van der Waals surface area contributed by atoms with Crippen molar-refractivity contribution in [3.8, 4) is 0 Å². The standard InChI is InChI=1S/C17H19NO3S2/c19-16(12-5-6-13(9-12)17(20)21)18(10-14-3-1-7-22-14)11-15-4-2-8-23-15/h1-4,7-8,12-13H,5-6,9-11H2,(H,20,21)/t12-,13+/m0/s1. The number of amides is 1. The van der Waals surface area contributed by atoms with E-state index in [-0.39, 0.29) is 17.7 Å². The lowest BCUT2D eigenvalue weighted by molar-refractivity contribution is -0.141. The van der Waals surface area contributed by atoms with Gasteiger partial charge in [0, 0.05) is 15.7 Å². The van der Waals surface area contributed by atoms with Gasteiger partial charge in [0.05, 0.1) is 19.0 Å². The smallest absolute Gasteiger partial charge is 0.306 e. The number of rotatable bonds is 6.